The fourth-order valence-electron chi connectivity index (χ4n) is 1.31. The van der Waals surface area contributed by atoms with Crippen molar-refractivity contribution < 1.29 is 35.9 Å². The number of ether oxygens (including phenoxy) is 1. The van der Waals surface area contributed by atoms with E-state index in [0.717, 1.165) is 19.3 Å². The minimum absolute atomic E-state index is 0.00941. The molecule has 0 aliphatic rings. The first-order valence-electron chi connectivity index (χ1n) is 5.09. The largest absolute Gasteiger partial charge is 0.466 e. The van der Waals surface area contributed by atoms with E-state index in [4.69, 9.17) is 0 Å². The summed E-state index contributed by atoms with van der Waals surface area (Å²) >= 11 is 0. The number of esters is 1. The molecule has 1 aromatic rings. The lowest BCUT2D eigenvalue weighted by atomic mass is 10.0. The zero-order valence-electron chi connectivity index (χ0n) is 9.97. The fraction of sp³-hybridized carbons (Fsp3) is 0.250. The Labute approximate surface area is 109 Å². The first kappa shape index (κ1) is 16.1. The van der Waals surface area contributed by atoms with Crippen LogP contribution in [0.3, 0.4) is 0 Å². The summed E-state index contributed by atoms with van der Waals surface area (Å²) in [5.41, 5.74) is -3.30. The maximum Gasteiger partial charge on any atom is 0.416 e. The van der Waals surface area contributed by atoms with Crippen LogP contribution in [0.25, 0.3) is 6.08 Å². The predicted octanol–water partition coefficient (Wildman–Crippen LogP) is 3.91. The quantitative estimate of drug-likeness (QED) is 0.470. The lowest BCUT2D eigenvalue weighted by Gasteiger charge is -2.12. The minimum atomic E-state index is -4.92. The van der Waals surface area contributed by atoms with Gasteiger partial charge in [0.2, 0.25) is 0 Å². The molecule has 2 nitrogen and oxygen atoms in total. The van der Waals surface area contributed by atoms with Crippen molar-refractivity contribution in [3.05, 3.63) is 41.0 Å². The van der Waals surface area contributed by atoms with E-state index < -0.39 is 35.0 Å². The Morgan fingerprint density at radius 2 is 1.45 bits per heavy atom. The molecule has 0 radical (unpaired) electrons. The molecule has 0 bridgehead atoms. The maximum absolute atomic E-state index is 12.5. The Morgan fingerprint density at radius 3 is 1.80 bits per heavy atom. The zero-order chi connectivity index (χ0) is 15.6. The highest BCUT2D eigenvalue weighted by Crippen LogP contribution is 2.36. The molecule has 1 aromatic carbocycles. The third kappa shape index (κ3) is 4.29. The van der Waals surface area contributed by atoms with Gasteiger partial charge in [-0.1, -0.05) is 0 Å². The van der Waals surface area contributed by atoms with Crippen molar-refractivity contribution in [1.82, 2.24) is 0 Å². The van der Waals surface area contributed by atoms with Crippen LogP contribution in [0.15, 0.2) is 24.3 Å². The van der Waals surface area contributed by atoms with E-state index >= 15 is 0 Å². The van der Waals surface area contributed by atoms with Crippen LogP contribution >= 0.6 is 0 Å². The molecule has 0 saturated carbocycles. The van der Waals surface area contributed by atoms with Crippen molar-refractivity contribution in [2.75, 3.05) is 7.11 Å². The number of carbonyl (C=O) groups is 1. The van der Waals surface area contributed by atoms with Gasteiger partial charge in [0.25, 0.3) is 0 Å². The third-order valence-electron chi connectivity index (χ3n) is 2.22. The summed E-state index contributed by atoms with van der Waals surface area (Å²) in [6.45, 7) is 0. The van der Waals surface area contributed by atoms with Gasteiger partial charge in [-0.25, -0.2) is 4.79 Å². The highest BCUT2D eigenvalue weighted by atomic mass is 19.4. The Bertz CT molecular complexity index is 495. The van der Waals surface area contributed by atoms with Crippen molar-refractivity contribution in [1.29, 1.82) is 0 Å². The van der Waals surface area contributed by atoms with Crippen LogP contribution in [0.1, 0.15) is 16.7 Å². The van der Waals surface area contributed by atoms with Crippen molar-refractivity contribution >= 4 is 12.0 Å². The SMILES string of the molecule is COC(=O)/C=C\c1cc(C(F)(F)F)cc(C(F)(F)F)c1. The molecule has 0 spiro atoms. The van der Waals surface area contributed by atoms with E-state index in [1.165, 1.54) is 0 Å². The van der Waals surface area contributed by atoms with Gasteiger partial charge < -0.3 is 4.74 Å². The summed E-state index contributed by atoms with van der Waals surface area (Å²) in [6, 6.07) is 1.03. The Hall–Kier alpha value is -1.99. The first-order valence-corrected chi connectivity index (χ1v) is 5.09. The third-order valence-corrected chi connectivity index (χ3v) is 2.22. The van der Waals surface area contributed by atoms with Crippen molar-refractivity contribution in [2.45, 2.75) is 12.4 Å². The monoisotopic (exact) mass is 298 g/mol. The second kappa shape index (κ2) is 5.56. The second-order valence-corrected chi connectivity index (χ2v) is 3.70. The molecular weight excluding hydrogens is 290 g/mol. The normalized spacial score (nSPS) is 12.8. The molecule has 0 atom stereocenters. The van der Waals surface area contributed by atoms with E-state index in [-0.39, 0.29) is 6.07 Å². The number of halogens is 6. The highest BCUT2D eigenvalue weighted by molar-refractivity contribution is 5.87. The average molecular weight is 298 g/mol. The van der Waals surface area contributed by atoms with Gasteiger partial charge in [0.15, 0.2) is 0 Å². The molecular formula is C12H8F6O2. The van der Waals surface area contributed by atoms with Crippen LogP contribution in [0.4, 0.5) is 26.3 Å². The van der Waals surface area contributed by atoms with Gasteiger partial charge in [0, 0.05) is 6.08 Å². The summed E-state index contributed by atoms with van der Waals surface area (Å²) in [6.07, 6.45) is -8.30. The molecule has 0 amide bonds. The van der Waals surface area contributed by atoms with E-state index in [1.54, 1.807) is 0 Å². The Balaban J connectivity index is 3.31. The van der Waals surface area contributed by atoms with E-state index in [9.17, 15) is 31.1 Å². The second-order valence-electron chi connectivity index (χ2n) is 3.70. The minimum Gasteiger partial charge on any atom is -0.466 e. The molecule has 0 fully saturated rings. The van der Waals surface area contributed by atoms with Crippen LogP contribution in [-0.4, -0.2) is 13.1 Å². The number of hydrogen-bond donors (Lipinski definition) is 0. The smallest absolute Gasteiger partial charge is 0.416 e. The first-order chi connectivity index (χ1) is 9.04. The zero-order valence-corrected chi connectivity index (χ0v) is 9.97. The van der Waals surface area contributed by atoms with Gasteiger partial charge >= 0.3 is 18.3 Å². The summed E-state index contributed by atoms with van der Waals surface area (Å²) in [4.78, 5) is 10.8. The van der Waals surface area contributed by atoms with Gasteiger partial charge in [0.05, 0.1) is 18.2 Å². The van der Waals surface area contributed by atoms with Crippen molar-refractivity contribution in [3.8, 4) is 0 Å². The molecule has 0 saturated heterocycles. The summed E-state index contributed by atoms with van der Waals surface area (Å²) in [5.74, 6) is -0.893. The molecule has 0 aliphatic heterocycles. The lowest BCUT2D eigenvalue weighted by Crippen LogP contribution is -2.11. The maximum atomic E-state index is 12.5. The average Bonchev–Trinajstić information content (AvgIpc) is 2.33. The molecule has 8 heteroatoms. The van der Waals surface area contributed by atoms with Crippen molar-refractivity contribution in [3.63, 3.8) is 0 Å². The van der Waals surface area contributed by atoms with Crippen LogP contribution in [0, 0.1) is 0 Å². The predicted molar refractivity (Wildman–Crippen MR) is 57.5 cm³/mol. The topological polar surface area (TPSA) is 26.3 Å². The standard InChI is InChI=1S/C12H8F6O2/c1-20-10(19)3-2-7-4-8(11(13,14)15)6-9(5-7)12(16,17)18/h2-6H,1H3/b3-2-. The number of benzene rings is 1. The van der Waals surface area contributed by atoms with Crippen LogP contribution in [0.5, 0.6) is 0 Å². The fourth-order valence-corrected chi connectivity index (χ4v) is 1.31. The molecule has 110 valence electrons. The highest BCUT2D eigenvalue weighted by Gasteiger charge is 2.36. The van der Waals surface area contributed by atoms with Gasteiger partial charge in [-0.2, -0.15) is 26.3 Å². The molecule has 0 unspecified atom stereocenters. The van der Waals surface area contributed by atoms with E-state index in [1.807, 2.05) is 0 Å². The number of hydrogen-bond acceptors (Lipinski definition) is 2. The molecule has 0 heterocycles. The summed E-state index contributed by atoms with van der Waals surface area (Å²) in [7, 11) is 1.03. The lowest BCUT2D eigenvalue weighted by molar-refractivity contribution is -0.143. The molecule has 0 N–H and O–H groups in total. The van der Waals surface area contributed by atoms with Crippen molar-refractivity contribution in [2.24, 2.45) is 0 Å². The molecule has 0 aliphatic carbocycles. The van der Waals surface area contributed by atoms with Gasteiger partial charge in [0.1, 0.15) is 0 Å². The Kier molecular flexibility index (Phi) is 4.46. The van der Waals surface area contributed by atoms with Gasteiger partial charge in [-0.05, 0) is 29.8 Å². The number of alkyl halides is 6. The Morgan fingerprint density at radius 1 is 1.00 bits per heavy atom. The summed E-state index contributed by atoms with van der Waals surface area (Å²) in [5, 5.41) is 0. The molecule has 1 rings (SSSR count). The number of carbonyl (C=O) groups excluding carboxylic acids is 1. The van der Waals surface area contributed by atoms with E-state index in [0.29, 0.717) is 12.1 Å². The van der Waals surface area contributed by atoms with Crippen LogP contribution in [0.2, 0.25) is 0 Å². The van der Waals surface area contributed by atoms with Crippen LogP contribution in [-0.2, 0) is 21.9 Å². The van der Waals surface area contributed by atoms with Gasteiger partial charge in [-0.15, -0.1) is 0 Å². The summed E-state index contributed by atoms with van der Waals surface area (Å²) < 4.78 is 79.3. The molecule has 20 heavy (non-hydrogen) atoms. The van der Waals surface area contributed by atoms with E-state index in [2.05, 4.69) is 4.74 Å². The van der Waals surface area contributed by atoms with Crippen LogP contribution < -0.4 is 0 Å². The number of rotatable bonds is 2. The molecule has 0 aromatic heterocycles. The van der Waals surface area contributed by atoms with Gasteiger partial charge in [-0.3, -0.25) is 0 Å². The number of methoxy groups -OCH3 is 1.